The third kappa shape index (κ3) is 3.55. The minimum atomic E-state index is -0.719. The van der Waals surface area contributed by atoms with E-state index in [9.17, 15) is 5.11 Å². The van der Waals surface area contributed by atoms with Crippen LogP contribution in [-0.4, -0.2) is 30.1 Å². The van der Waals surface area contributed by atoms with Crippen LogP contribution in [0.3, 0.4) is 0 Å². The summed E-state index contributed by atoms with van der Waals surface area (Å²) in [5.41, 5.74) is 1.70. The molecule has 2 aromatic rings. The number of benzene rings is 2. The quantitative estimate of drug-likeness (QED) is 0.890. The van der Waals surface area contributed by atoms with E-state index in [1.54, 1.807) is 0 Å². The van der Waals surface area contributed by atoms with Gasteiger partial charge >= 0.3 is 0 Å². The van der Waals surface area contributed by atoms with Crippen LogP contribution >= 0.6 is 0 Å². The first-order chi connectivity index (χ1) is 11.6. The van der Waals surface area contributed by atoms with Crippen molar-refractivity contribution in [2.45, 2.75) is 43.7 Å². The molecule has 1 aliphatic carbocycles. The molecule has 0 saturated heterocycles. The van der Waals surface area contributed by atoms with Crippen LogP contribution in [0, 0.1) is 5.92 Å². The van der Waals surface area contributed by atoms with E-state index in [4.69, 9.17) is 0 Å². The molecule has 24 heavy (non-hydrogen) atoms. The van der Waals surface area contributed by atoms with Crippen LogP contribution in [0.25, 0.3) is 0 Å². The predicted molar refractivity (Wildman–Crippen MR) is 99.9 cm³/mol. The fraction of sp³-hybridized carbons (Fsp3) is 0.455. The lowest BCUT2D eigenvalue weighted by Gasteiger charge is -2.46. The summed E-state index contributed by atoms with van der Waals surface area (Å²) in [4.78, 5) is 2.30. The van der Waals surface area contributed by atoms with Gasteiger partial charge in [0.2, 0.25) is 0 Å². The Kier molecular flexibility index (Phi) is 5.37. The molecule has 0 bridgehead atoms. The highest BCUT2D eigenvalue weighted by molar-refractivity contribution is 5.25. The summed E-state index contributed by atoms with van der Waals surface area (Å²) in [5, 5.41) is 11.7. The van der Waals surface area contributed by atoms with Gasteiger partial charge in [-0.25, -0.2) is 0 Å². The van der Waals surface area contributed by atoms with E-state index < -0.39 is 5.60 Å². The van der Waals surface area contributed by atoms with Crippen LogP contribution in [-0.2, 0) is 12.0 Å². The first kappa shape index (κ1) is 17.2. The van der Waals surface area contributed by atoms with Gasteiger partial charge in [0.05, 0.1) is 5.60 Å². The molecule has 0 spiro atoms. The van der Waals surface area contributed by atoms with Gasteiger partial charge in [-0.3, -0.25) is 0 Å². The lowest BCUT2D eigenvalue weighted by atomic mass is 9.67. The fourth-order valence-corrected chi connectivity index (χ4v) is 4.32. The molecule has 1 N–H and O–H groups in total. The van der Waals surface area contributed by atoms with Crippen molar-refractivity contribution in [3.05, 3.63) is 71.8 Å². The summed E-state index contributed by atoms with van der Waals surface area (Å²) in [7, 11) is 4.29. The van der Waals surface area contributed by atoms with E-state index in [0.717, 1.165) is 31.2 Å². The minimum Gasteiger partial charge on any atom is -0.385 e. The number of nitrogens with zero attached hydrogens (tertiary/aromatic N) is 1. The second-order valence-corrected chi connectivity index (χ2v) is 7.36. The van der Waals surface area contributed by atoms with Gasteiger partial charge in [0.1, 0.15) is 0 Å². The summed E-state index contributed by atoms with van der Waals surface area (Å²) in [6.07, 6.45) is 5.24. The molecule has 128 valence electrons. The Bertz CT molecular complexity index is 625. The zero-order chi connectivity index (χ0) is 17.0. The van der Waals surface area contributed by atoms with Crippen molar-refractivity contribution in [3.63, 3.8) is 0 Å². The van der Waals surface area contributed by atoms with Gasteiger partial charge < -0.3 is 10.0 Å². The van der Waals surface area contributed by atoms with Gasteiger partial charge in [0.15, 0.2) is 0 Å². The summed E-state index contributed by atoms with van der Waals surface area (Å²) in [6.45, 7) is 0. The van der Waals surface area contributed by atoms with Crippen LogP contribution in [0.2, 0.25) is 0 Å². The van der Waals surface area contributed by atoms with Crippen molar-refractivity contribution in [1.29, 1.82) is 0 Å². The Hall–Kier alpha value is -1.64. The summed E-state index contributed by atoms with van der Waals surface area (Å²) in [6, 6.07) is 21.3. The predicted octanol–water partition coefficient (Wildman–Crippen LogP) is 4.24. The topological polar surface area (TPSA) is 23.5 Å². The van der Waals surface area contributed by atoms with Crippen LogP contribution in [0.15, 0.2) is 60.7 Å². The molecule has 3 atom stereocenters. The first-order valence-corrected chi connectivity index (χ1v) is 9.09. The molecule has 1 aliphatic rings. The average molecular weight is 323 g/mol. The van der Waals surface area contributed by atoms with Crippen molar-refractivity contribution in [1.82, 2.24) is 4.90 Å². The van der Waals surface area contributed by atoms with Crippen molar-refractivity contribution >= 4 is 0 Å². The van der Waals surface area contributed by atoms with Crippen molar-refractivity contribution in [3.8, 4) is 0 Å². The largest absolute Gasteiger partial charge is 0.385 e. The molecule has 1 fully saturated rings. The number of rotatable bonds is 5. The van der Waals surface area contributed by atoms with Gasteiger partial charge in [-0.1, -0.05) is 73.5 Å². The Labute approximate surface area is 146 Å². The number of aliphatic hydroxyl groups is 1. The Morgan fingerprint density at radius 2 is 1.62 bits per heavy atom. The molecule has 2 nitrogen and oxygen atoms in total. The number of hydrogen-bond acceptors (Lipinski definition) is 2. The molecular formula is C22H29NO. The van der Waals surface area contributed by atoms with Gasteiger partial charge in [0.25, 0.3) is 0 Å². The van der Waals surface area contributed by atoms with Crippen LogP contribution in [0.4, 0.5) is 0 Å². The summed E-state index contributed by atoms with van der Waals surface area (Å²) < 4.78 is 0. The molecule has 3 rings (SSSR count). The molecule has 0 heterocycles. The molecule has 0 amide bonds. The Balaban J connectivity index is 1.92. The third-order valence-corrected chi connectivity index (χ3v) is 5.63. The van der Waals surface area contributed by atoms with E-state index in [2.05, 4.69) is 61.5 Å². The normalized spacial score (nSPS) is 25.6. The third-order valence-electron chi connectivity index (χ3n) is 5.63. The highest BCUT2D eigenvalue weighted by Crippen LogP contribution is 2.44. The fourth-order valence-electron chi connectivity index (χ4n) is 4.32. The Morgan fingerprint density at radius 3 is 2.25 bits per heavy atom. The van der Waals surface area contributed by atoms with Crippen LogP contribution in [0.5, 0.6) is 0 Å². The minimum absolute atomic E-state index is 0.254. The van der Waals surface area contributed by atoms with Crippen LogP contribution in [0.1, 0.15) is 36.8 Å². The lowest BCUT2D eigenvalue weighted by Crippen LogP contribution is -2.50. The van der Waals surface area contributed by atoms with E-state index >= 15 is 0 Å². The van der Waals surface area contributed by atoms with Gasteiger partial charge in [-0.05, 0) is 44.5 Å². The van der Waals surface area contributed by atoms with Crippen molar-refractivity contribution in [2.75, 3.05) is 14.1 Å². The zero-order valence-corrected chi connectivity index (χ0v) is 14.9. The molecule has 0 aliphatic heterocycles. The molecule has 2 aromatic carbocycles. The number of hydrogen-bond donors (Lipinski definition) is 1. The molecule has 3 unspecified atom stereocenters. The van der Waals surface area contributed by atoms with Gasteiger partial charge in [-0.2, -0.15) is 0 Å². The van der Waals surface area contributed by atoms with E-state index in [0.29, 0.717) is 6.04 Å². The van der Waals surface area contributed by atoms with Gasteiger partial charge in [-0.15, -0.1) is 0 Å². The molecule has 2 heteroatoms. The standard InChI is InChI=1S/C22H29NO/c1-23(2)21(17-18-11-5-3-6-12-18)20-15-9-10-16-22(20,24)19-13-7-4-8-14-19/h3-8,11-14,20-21,24H,9-10,15-17H2,1-2H3. The maximum absolute atomic E-state index is 11.7. The Morgan fingerprint density at radius 1 is 1.00 bits per heavy atom. The second-order valence-electron chi connectivity index (χ2n) is 7.36. The summed E-state index contributed by atoms with van der Waals surface area (Å²) >= 11 is 0. The highest BCUT2D eigenvalue weighted by Gasteiger charge is 2.44. The summed E-state index contributed by atoms with van der Waals surface area (Å²) in [5.74, 6) is 0.254. The van der Waals surface area contributed by atoms with E-state index in [-0.39, 0.29) is 5.92 Å². The zero-order valence-electron chi connectivity index (χ0n) is 14.9. The molecule has 0 aromatic heterocycles. The second kappa shape index (κ2) is 7.50. The van der Waals surface area contributed by atoms with E-state index in [1.807, 2.05) is 18.2 Å². The molecule has 0 radical (unpaired) electrons. The van der Waals surface area contributed by atoms with E-state index in [1.165, 1.54) is 12.0 Å². The smallest absolute Gasteiger partial charge is 0.0939 e. The highest BCUT2D eigenvalue weighted by atomic mass is 16.3. The van der Waals surface area contributed by atoms with Crippen LogP contribution < -0.4 is 0 Å². The molecular weight excluding hydrogens is 294 g/mol. The van der Waals surface area contributed by atoms with Gasteiger partial charge in [0, 0.05) is 12.0 Å². The maximum Gasteiger partial charge on any atom is 0.0939 e. The maximum atomic E-state index is 11.7. The lowest BCUT2D eigenvalue weighted by molar-refractivity contribution is -0.0825. The van der Waals surface area contributed by atoms with Crippen molar-refractivity contribution in [2.24, 2.45) is 5.92 Å². The first-order valence-electron chi connectivity index (χ1n) is 9.09. The average Bonchev–Trinajstić information content (AvgIpc) is 2.62. The van der Waals surface area contributed by atoms with Crippen molar-refractivity contribution < 1.29 is 5.11 Å². The number of likely N-dealkylation sites (N-methyl/N-ethyl adjacent to an activating group) is 1. The monoisotopic (exact) mass is 323 g/mol. The molecule has 1 saturated carbocycles. The SMILES string of the molecule is CN(C)C(Cc1ccccc1)C1CCCCC1(O)c1ccccc1.